The predicted octanol–water partition coefficient (Wildman–Crippen LogP) is -1.35. The molecule has 6 heavy (non-hydrogen) atoms. The molecule has 0 atom stereocenters. The summed E-state index contributed by atoms with van der Waals surface area (Å²) in [5.74, 6) is 0. The van der Waals surface area contributed by atoms with Crippen molar-refractivity contribution in [2.24, 2.45) is 0 Å². The molecule has 0 bridgehead atoms. The van der Waals surface area contributed by atoms with Gasteiger partial charge in [0.15, 0.2) is 17.4 Å². The van der Waals surface area contributed by atoms with Gasteiger partial charge in [-0.2, -0.15) is 0 Å². The van der Waals surface area contributed by atoms with Gasteiger partial charge in [-0.15, -0.1) is 0 Å². The first kappa shape index (κ1) is 9.48. The summed E-state index contributed by atoms with van der Waals surface area (Å²) in [7, 11) is 1.48. The van der Waals surface area contributed by atoms with Gasteiger partial charge in [0.1, 0.15) is 12.9 Å². The maximum Gasteiger partial charge on any atom is 0.187 e. The second-order valence-corrected chi connectivity index (χ2v) is 0.622. The molecule has 0 aliphatic carbocycles. The lowest BCUT2D eigenvalue weighted by Gasteiger charge is -1.76. The number of hydrogen-bond donors (Lipinski definition) is 0. The highest BCUT2D eigenvalue weighted by Crippen LogP contribution is 1.50. The smallest absolute Gasteiger partial charge is 0.187 e. The van der Waals surface area contributed by atoms with E-state index in [0.717, 1.165) is 0 Å². The number of ether oxygens (including phenoxy) is 1. The highest BCUT2D eigenvalue weighted by atomic mass is 27.0. The van der Waals surface area contributed by atoms with Gasteiger partial charge in [-0.25, -0.2) is 0 Å². The molecule has 3 heteroatoms. The molecule has 0 aromatic heterocycles. The minimum Gasteiger partial charge on any atom is -0.377 e. The number of methoxy groups -OCH3 is 1. The Morgan fingerprint density at radius 2 is 2.33 bits per heavy atom. The van der Waals surface area contributed by atoms with Crippen LogP contribution >= 0.6 is 0 Å². The third-order valence-corrected chi connectivity index (χ3v) is 0.235. The summed E-state index contributed by atoms with van der Waals surface area (Å²) in [4.78, 5) is 9.28. The zero-order valence-electron chi connectivity index (χ0n) is 3.10. The molecule has 2 nitrogen and oxygen atoms in total. The van der Waals surface area contributed by atoms with Crippen molar-refractivity contribution < 1.29 is 9.53 Å². The third-order valence-electron chi connectivity index (χ3n) is 0.235. The zero-order valence-corrected chi connectivity index (χ0v) is 3.10. The molecule has 0 saturated heterocycles. The Morgan fingerprint density at radius 3 is 2.33 bits per heavy atom. The van der Waals surface area contributed by atoms with Crippen LogP contribution in [0.5, 0.6) is 0 Å². The Hall–Kier alpha value is 0.162. The molecule has 0 unspecified atom stereocenters. The summed E-state index contributed by atoms with van der Waals surface area (Å²) in [6, 6.07) is 0. The fraction of sp³-hybridized carbons (Fsp3) is 0.667. The lowest BCUT2D eigenvalue weighted by molar-refractivity contribution is -0.110. The molecule has 0 spiro atoms. The van der Waals surface area contributed by atoms with E-state index in [4.69, 9.17) is 0 Å². The fourth-order valence-electron chi connectivity index (χ4n) is 0.0680. The summed E-state index contributed by atoms with van der Waals surface area (Å²) < 4.78 is 4.32. The van der Waals surface area contributed by atoms with E-state index in [0.29, 0.717) is 6.29 Å². The van der Waals surface area contributed by atoms with Crippen molar-refractivity contribution in [3.63, 3.8) is 0 Å². The molecular formula is C3H9AlO2. The number of aldehydes is 1. The van der Waals surface area contributed by atoms with Crippen LogP contribution in [0.15, 0.2) is 0 Å². The van der Waals surface area contributed by atoms with Gasteiger partial charge in [-0.05, 0) is 0 Å². The maximum atomic E-state index is 9.28. The molecule has 0 N–H and O–H groups in total. The van der Waals surface area contributed by atoms with E-state index in [1.165, 1.54) is 7.11 Å². The van der Waals surface area contributed by atoms with Crippen molar-refractivity contribution in [3.8, 4) is 0 Å². The highest BCUT2D eigenvalue weighted by molar-refractivity contribution is 5.75. The molecule has 0 aromatic rings. The first-order valence-corrected chi connectivity index (χ1v) is 1.34. The van der Waals surface area contributed by atoms with Crippen molar-refractivity contribution in [3.05, 3.63) is 0 Å². The molecule has 0 aliphatic heterocycles. The van der Waals surface area contributed by atoms with E-state index >= 15 is 0 Å². The Kier molecular flexibility index (Phi) is 14.1. The molecule has 0 radical (unpaired) electrons. The van der Waals surface area contributed by atoms with Crippen LogP contribution in [-0.2, 0) is 9.53 Å². The lowest BCUT2D eigenvalue weighted by Crippen LogP contribution is -1.84. The molecule has 0 saturated carbocycles. The summed E-state index contributed by atoms with van der Waals surface area (Å²) in [5, 5.41) is 0. The van der Waals surface area contributed by atoms with Gasteiger partial charge < -0.3 is 9.53 Å². The minimum absolute atomic E-state index is 0. The van der Waals surface area contributed by atoms with Gasteiger partial charge in [0.2, 0.25) is 0 Å². The van der Waals surface area contributed by atoms with E-state index in [9.17, 15) is 4.79 Å². The van der Waals surface area contributed by atoms with E-state index in [1.807, 2.05) is 0 Å². The van der Waals surface area contributed by atoms with Gasteiger partial charge in [-0.3, -0.25) is 0 Å². The van der Waals surface area contributed by atoms with Gasteiger partial charge in [0.25, 0.3) is 0 Å². The topological polar surface area (TPSA) is 26.3 Å². The van der Waals surface area contributed by atoms with Gasteiger partial charge in [0, 0.05) is 7.11 Å². The van der Waals surface area contributed by atoms with Crippen molar-refractivity contribution in [1.29, 1.82) is 0 Å². The van der Waals surface area contributed by atoms with Crippen LogP contribution < -0.4 is 0 Å². The van der Waals surface area contributed by atoms with Crippen molar-refractivity contribution in [2.75, 3.05) is 13.7 Å². The summed E-state index contributed by atoms with van der Waals surface area (Å²) in [5.41, 5.74) is 0. The molecule has 0 aliphatic rings. The summed E-state index contributed by atoms with van der Waals surface area (Å²) in [6.07, 6.45) is 0.708. The highest BCUT2D eigenvalue weighted by Gasteiger charge is 1.64. The largest absolute Gasteiger partial charge is 0.377 e. The van der Waals surface area contributed by atoms with Crippen LogP contribution in [0.3, 0.4) is 0 Å². The fourth-order valence-corrected chi connectivity index (χ4v) is 0.0680. The summed E-state index contributed by atoms with van der Waals surface area (Å²) >= 11 is 0. The molecule has 36 valence electrons. The van der Waals surface area contributed by atoms with Gasteiger partial charge in [0.05, 0.1) is 0 Å². The van der Waals surface area contributed by atoms with E-state index < -0.39 is 0 Å². The number of carbonyl (C=O) groups is 1. The Balaban J connectivity index is 0. The van der Waals surface area contributed by atoms with Crippen LogP contribution in [0.2, 0.25) is 0 Å². The molecular weight excluding hydrogens is 95.0 g/mol. The molecule has 0 rings (SSSR count). The van der Waals surface area contributed by atoms with Gasteiger partial charge >= 0.3 is 0 Å². The SMILES string of the molecule is COCC=O.[AlH3]. The van der Waals surface area contributed by atoms with E-state index in [2.05, 4.69) is 4.74 Å². The molecule has 0 heterocycles. The number of hydrogen-bond acceptors (Lipinski definition) is 2. The molecule has 0 fully saturated rings. The van der Waals surface area contributed by atoms with E-state index in [1.54, 1.807) is 0 Å². The lowest BCUT2D eigenvalue weighted by atomic mass is 10.8. The monoisotopic (exact) mass is 104 g/mol. The normalized spacial score (nSPS) is 6.17. The van der Waals surface area contributed by atoms with Crippen LogP contribution in [0.4, 0.5) is 0 Å². The average molecular weight is 104 g/mol. The first-order valence-electron chi connectivity index (χ1n) is 1.34. The number of carbonyl (C=O) groups excluding carboxylic acids is 1. The van der Waals surface area contributed by atoms with Crippen molar-refractivity contribution >= 4 is 23.6 Å². The van der Waals surface area contributed by atoms with Crippen LogP contribution in [0.25, 0.3) is 0 Å². The Morgan fingerprint density at radius 1 is 1.83 bits per heavy atom. The average Bonchev–Trinajstić information content (AvgIpc) is 1.41. The Bertz CT molecular complexity index is 30.0. The Labute approximate surface area is 47.6 Å². The molecule has 0 aromatic carbocycles. The van der Waals surface area contributed by atoms with Crippen molar-refractivity contribution in [1.82, 2.24) is 0 Å². The van der Waals surface area contributed by atoms with Crippen LogP contribution in [-0.4, -0.2) is 37.4 Å². The third kappa shape index (κ3) is 8.90. The standard InChI is InChI=1S/C3H6O2.Al.3H/c1-5-3-2-4;;;;/h2H,3H2,1H3;;;;. The maximum absolute atomic E-state index is 9.28. The van der Waals surface area contributed by atoms with Crippen LogP contribution in [0, 0.1) is 0 Å². The number of rotatable bonds is 2. The minimum atomic E-state index is 0. The van der Waals surface area contributed by atoms with Crippen molar-refractivity contribution in [2.45, 2.75) is 0 Å². The zero-order chi connectivity index (χ0) is 4.12. The quantitative estimate of drug-likeness (QED) is 0.320. The van der Waals surface area contributed by atoms with Gasteiger partial charge in [-0.1, -0.05) is 0 Å². The van der Waals surface area contributed by atoms with E-state index in [-0.39, 0.29) is 24.0 Å². The summed E-state index contributed by atoms with van der Waals surface area (Å²) in [6.45, 7) is 0.208. The predicted molar refractivity (Wildman–Crippen MR) is 27.9 cm³/mol. The molecule has 0 amide bonds. The first-order chi connectivity index (χ1) is 2.41. The van der Waals surface area contributed by atoms with Crippen LogP contribution in [0.1, 0.15) is 0 Å². The second-order valence-electron chi connectivity index (χ2n) is 0.622. The second kappa shape index (κ2) is 8.94.